The Labute approximate surface area is 71.3 Å². The van der Waals surface area contributed by atoms with Crippen LogP contribution in [0.15, 0.2) is 12.2 Å². The second-order valence-electron chi connectivity index (χ2n) is 1.57. The average Bonchev–Trinajstić information content (AvgIpc) is 2.02. The summed E-state index contributed by atoms with van der Waals surface area (Å²) in [4.78, 5) is 9.92. The molecule has 2 nitrogen and oxygen atoms in total. The molecule has 0 aliphatic rings. The van der Waals surface area contributed by atoms with Crippen molar-refractivity contribution in [1.82, 2.24) is 0 Å². The van der Waals surface area contributed by atoms with Gasteiger partial charge in [0.15, 0.2) is 0 Å². The summed E-state index contributed by atoms with van der Waals surface area (Å²) in [6.07, 6.45) is 2.16. The van der Waals surface area contributed by atoms with Crippen LogP contribution in [0.5, 0.6) is 0 Å². The summed E-state index contributed by atoms with van der Waals surface area (Å²) < 4.78 is 0. The number of hydrogen-bond donors (Lipinski definition) is 1. The number of carboxylic acid groups (broad SMARTS) is 1. The number of carbonyl (C=O) groups is 1. The van der Waals surface area contributed by atoms with Crippen LogP contribution in [0, 0.1) is 35.5 Å². The number of allylic oxidation sites excluding steroid dienone is 1. The summed E-state index contributed by atoms with van der Waals surface area (Å²) in [5.41, 5.74) is 0. The van der Waals surface area contributed by atoms with Gasteiger partial charge in [0.2, 0.25) is 0 Å². The molecule has 58 valence electrons. The molecule has 0 aromatic heterocycles. The average molecular weight is 158 g/mol. The normalized spacial score (nSPS) is 6.75. The van der Waals surface area contributed by atoms with E-state index in [1.165, 1.54) is 6.08 Å². The lowest BCUT2D eigenvalue weighted by Crippen LogP contribution is -1.84. The number of hydrogen-bond acceptors (Lipinski definition) is 1. The first-order valence-electron chi connectivity index (χ1n) is 3.09. The highest BCUT2D eigenvalue weighted by molar-refractivity contribution is 5.80. The van der Waals surface area contributed by atoms with E-state index in [0.29, 0.717) is 0 Å². The van der Waals surface area contributed by atoms with Crippen molar-refractivity contribution in [3.63, 3.8) is 0 Å². The summed E-state index contributed by atoms with van der Waals surface area (Å²) >= 11 is 0. The quantitative estimate of drug-likeness (QED) is 0.449. The van der Waals surface area contributed by atoms with Crippen molar-refractivity contribution < 1.29 is 9.90 Å². The van der Waals surface area contributed by atoms with Crippen LogP contribution in [0.1, 0.15) is 6.92 Å². The van der Waals surface area contributed by atoms with Crippen molar-refractivity contribution in [1.29, 1.82) is 0 Å². The van der Waals surface area contributed by atoms with Gasteiger partial charge in [0.05, 0.1) is 0 Å². The Bertz CT molecular complexity index is 356. The van der Waals surface area contributed by atoms with Crippen molar-refractivity contribution in [2.75, 3.05) is 0 Å². The molecule has 12 heavy (non-hydrogen) atoms. The molecule has 0 fully saturated rings. The van der Waals surface area contributed by atoms with Gasteiger partial charge in [-0.15, -0.1) is 0 Å². The van der Waals surface area contributed by atoms with E-state index in [2.05, 4.69) is 35.5 Å². The third-order valence-electron chi connectivity index (χ3n) is 0.694. The van der Waals surface area contributed by atoms with E-state index in [1.807, 2.05) is 0 Å². The van der Waals surface area contributed by atoms with Crippen LogP contribution in [0.2, 0.25) is 0 Å². The molecule has 0 aromatic carbocycles. The highest BCUT2D eigenvalue weighted by Crippen LogP contribution is 1.68. The van der Waals surface area contributed by atoms with Crippen LogP contribution in [0.25, 0.3) is 0 Å². The van der Waals surface area contributed by atoms with Gasteiger partial charge in [0.1, 0.15) is 0 Å². The van der Waals surface area contributed by atoms with E-state index < -0.39 is 5.97 Å². The lowest BCUT2D eigenvalue weighted by Gasteiger charge is -1.69. The van der Waals surface area contributed by atoms with Gasteiger partial charge >= 0.3 is 5.97 Å². The first-order chi connectivity index (χ1) is 5.77. The summed E-state index contributed by atoms with van der Waals surface area (Å²) in [5, 5.41) is 8.14. The Morgan fingerprint density at radius 1 is 1.25 bits per heavy atom. The summed E-state index contributed by atoms with van der Waals surface area (Å²) in [5.74, 6) is 13.8. The maximum atomic E-state index is 9.92. The van der Waals surface area contributed by atoms with Crippen LogP contribution in [-0.4, -0.2) is 11.1 Å². The van der Waals surface area contributed by atoms with E-state index >= 15 is 0 Å². The van der Waals surface area contributed by atoms with Crippen LogP contribution >= 0.6 is 0 Å². The van der Waals surface area contributed by atoms with Crippen LogP contribution in [0.4, 0.5) is 0 Å². The first kappa shape index (κ1) is 9.89. The summed E-state index contributed by atoms with van der Waals surface area (Å²) in [7, 11) is 0. The van der Waals surface area contributed by atoms with Gasteiger partial charge < -0.3 is 5.11 Å². The van der Waals surface area contributed by atoms with Crippen LogP contribution < -0.4 is 0 Å². The van der Waals surface area contributed by atoms with Gasteiger partial charge in [-0.05, 0) is 36.7 Å². The first-order valence-corrected chi connectivity index (χ1v) is 3.09. The monoisotopic (exact) mass is 158 g/mol. The lowest BCUT2D eigenvalue weighted by molar-refractivity contribution is -0.131. The fourth-order valence-electron chi connectivity index (χ4n) is 0.316. The molecule has 1 N–H and O–H groups in total. The highest BCUT2D eigenvalue weighted by atomic mass is 16.4. The second kappa shape index (κ2) is 7.00. The highest BCUT2D eigenvalue weighted by Gasteiger charge is 1.78. The number of rotatable bonds is 1. The predicted octanol–water partition coefficient (Wildman–Crippen LogP) is 0.657. The molecular weight excluding hydrogens is 152 g/mol. The zero-order chi connectivity index (χ0) is 9.23. The van der Waals surface area contributed by atoms with Gasteiger partial charge in [-0.2, -0.15) is 0 Å². The lowest BCUT2D eigenvalue weighted by atomic mass is 10.4. The van der Waals surface area contributed by atoms with Gasteiger partial charge in [0.25, 0.3) is 0 Å². The number of aliphatic carboxylic acids is 1. The minimum absolute atomic E-state index is 0.945. The third-order valence-corrected chi connectivity index (χ3v) is 0.694. The predicted molar refractivity (Wildman–Crippen MR) is 45.8 cm³/mol. The molecule has 0 aliphatic heterocycles. The fourth-order valence-corrected chi connectivity index (χ4v) is 0.316. The summed E-state index contributed by atoms with van der Waals surface area (Å²) in [6.45, 7) is 1.67. The zero-order valence-corrected chi connectivity index (χ0v) is 6.51. The molecule has 0 saturated heterocycles. The molecule has 0 heterocycles. The molecule has 0 aliphatic carbocycles. The molecular formula is C10H6O2. The summed E-state index contributed by atoms with van der Waals surface area (Å²) in [6, 6.07) is 0. The van der Waals surface area contributed by atoms with E-state index in [-0.39, 0.29) is 0 Å². The SMILES string of the molecule is CC#CC#CC#C/C=C\C(=O)O. The van der Waals surface area contributed by atoms with E-state index in [0.717, 1.165) is 6.08 Å². The Morgan fingerprint density at radius 3 is 2.50 bits per heavy atom. The number of carboxylic acids is 1. The Morgan fingerprint density at radius 2 is 1.92 bits per heavy atom. The molecule has 0 spiro atoms. The molecule has 0 unspecified atom stereocenters. The molecule has 0 rings (SSSR count). The van der Waals surface area contributed by atoms with E-state index in [9.17, 15) is 4.79 Å². The molecule has 2 heteroatoms. The zero-order valence-electron chi connectivity index (χ0n) is 6.51. The van der Waals surface area contributed by atoms with E-state index in [4.69, 9.17) is 5.11 Å². The largest absolute Gasteiger partial charge is 0.478 e. The van der Waals surface area contributed by atoms with Crippen molar-refractivity contribution in [3.8, 4) is 35.5 Å². The molecule has 0 saturated carbocycles. The van der Waals surface area contributed by atoms with Crippen molar-refractivity contribution in [2.24, 2.45) is 0 Å². The topological polar surface area (TPSA) is 37.3 Å². The Kier molecular flexibility index (Phi) is 5.77. The van der Waals surface area contributed by atoms with Crippen LogP contribution in [0.3, 0.4) is 0 Å². The Hall–Kier alpha value is -2.11. The minimum atomic E-state index is -1.02. The fraction of sp³-hybridized carbons (Fsp3) is 0.100. The Balaban J connectivity index is 3.99. The molecule has 0 aromatic rings. The molecule has 0 amide bonds. The van der Waals surface area contributed by atoms with E-state index in [1.54, 1.807) is 6.92 Å². The van der Waals surface area contributed by atoms with Crippen molar-refractivity contribution in [2.45, 2.75) is 6.92 Å². The van der Waals surface area contributed by atoms with Crippen molar-refractivity contribution >= 4 is 5.97 Å². The van der Waals surface area contributed by atoms with Gasteiger partial charge in [-0.1, -0.05) is 11.8 Å². The van der Waals surface area contributed by atoms with Gasteiger partial charge in [0, 0.05) is 6.08 Å². The van der Waals surface area contributed by atoms with Gasteiger partial charge in [-0.25, -0.2) is 4.79 Å². The smallest absolute Gasteiger partial charge is 0.328 e. The molecule has 0 bridgehead atoms. The molecule has 0 atom stereocenters. The third kappa shape index (κ3) is 7.89. The van der Waals surface area contributed by atoms with Crippen molar-refractivity contribution in [3.05, 3.63) is 12.2 Å². The minimum Gasteiger partial charge on any atom is -0.478 e. The molecule has 0 radical (unpaired) electrons. The maximum Gasteiger partial charge on any atom is 0.328 e. The standard InChI is InChI=1S/C10H6O2/c1-2-3-4-5-6-7-8-9-10(11)12/h8-9H,1H3,(H,11,12)/b9-8-. The van der Waals surface area contributed by atoms with Crippen LogP contribution in [-0.2, 0) is 4.79 Å². The second-order valence-corrected chi connectivity index (χ2v) is 1.57. The van der Waals surface area contributed by atoms with Gasteiger partial charge in [-0.3, -0.25) is 0 Å². The maximum absolute atomic E-state index is 9.92.